The largest absolute Gasteiger partial charge is 0.353 e. The average Bonchev–Trinajstić information content (AvgIpc) is 2.36. The lowest BCUT2D eigenvalue weighted by molar-refractivity contribution is -0.121. The number of nitrogens with zero attached hydrogens (tertiary/aromatic N) is 1. The first-order valence-electron chi connectivity index (χ1n) is 7.28. The van der Waals surface area contributed by atoms with Crippen molar-refractivity contribution in [2.45, 2.75) is 51.6 Å². The Labute approximate surface area is 122 Å². The van der Waals surface area contributed by atoms with Gasteiger partial charge in [-0.25, -0.2) is 8.42 Å². The van der Waals surface area contributed by atoms with Gasteiger partial charge >= 0.3 is 0 Å². The highest BCUT2D eigenvalue weighted by atomic mass is 32.2. The Balaban J connectivity index is 2.40. The minimum atomic E-state index is -3.36. The van der Waals surface area contributed by atoms with Gasteiger partial charge in [-0.2, -0.15) is 4.31 Å². The van der Waals surface area contributed by atoms with Gasteiger partial charge in [-0.05, 0) is 39.7 Å². The Hall–Kier alpha value is -0.660. The molecular weight excluding hydrogens is 278 g/mol. The van der Waals surface area contributed by atoms with Gasteiger partial charge in [0.25, 0.3) is 0 Å². The van der Waals surface area contributed by atoms with Crippen LogP contribution in [0.4, 0.5) is 0 Å². The maximum absolute atomic E-state index is 12.1. The van der Waals surface area contributed by atoms with E-state index in [0.717, 1.165) is 23.7 Å². The molecule has 20 heavy (non-hydrogen) atoms. The molecule has 0 spiro atoms. The lowest BCUT2D eigenvalue weighted by Crippen LogP contribution is -2.42. The summed E-state index contributed by atoms with van der Waals surface area (Å²) in [5, 5.41) is 6.03. The molecule has 1 fully saturated rings. The van der Waals surface area contributed by atoms with Gasteiger partial charge in [0.2, 0.25) is 15.9 Å². The number of carbonyl (C=O) groups excluding carboxylic acids is 1. The summed E-state index contributed by atoms with van der Waals surface area (Å²) in [6, 6.07) is 0.307. The van der Waals surface area contributed by atoms with Crippen molar-refractivity contribution < 1.29 is 13.2 Å². The first-order chi connectivity index (χ1) is 9.31. The third-order valence-corrected chi connectivity index (χ3v) is 5.26. The monoisotopic (exact) mass is 305 g/mol. The van der Waals surface area contributed by atoms with Gasteiger partial charge in [0.05, 0.1) is 12.3 Å². The van der Waals surface area contributed by atoms with Crippen molar-refractivity contribution in [1.82, 2.24) is 14.9 Å². The fourth-order valence-electron chi connectivity index (χ4n) is 2.29. The fraction of sp³-hybridized carbons (Fsp3) is 0.923. The van der Waals surface area contributed by atoms with Crippen LogP contribution in [0.25, 0.3) is 0 Å². The van der Waals surface area contributed by atoms with Crippen molar-refractivity contribution in [2.24, 2.45) is 0 Å². The molecule has 7 heteroatoms. The first-order valence-corrected chi connectivity index (χ1v) is 8.89. The summed E-state index contributed by atoms with van der Waals surface area (Å²) in [6.07, 6.45) is 3.97. The van der Waals surface area contributed by atoms with Crippen LogP contribution in [0, 0.1) is 0 Å². The Bertz CT molecular complexity index is 403. The second-order valence-electron chi connectivity index (χ2n) is 5.73. The van der Waals surface area contributed by atoms with E-state index in [1.807, 2.05) is 13.8 Å². The molecule has 1 rings (SSSR count). The number of sulfonamides is 1. The van der Waals surface area contributed by atoms with Crippen molar-refractivity contribution in [2.75, 3.05) is 25.9 Å². The Morgan fingerprint density at radius 3 is 2.65 bits per heavy atom. The molecular formula is C13H27N3O3S. The molecule has 0 aromatic rings. The van der Waals surface area contributed by atoms with Crippen LogP contribution in [0.15, 0.2) is 0 Å². The molecule has 1 aliphatic rings. The van der Waals surface area contributed by atoms with Crippen LogP contribution in [0.3, 0.4) is 0 Å². The minimum absolute atomic E-state index is 0.0186. The second kappa shape index (κ2) is 7.95. The fourth-order valence-corrected chi connectivity index (χ4v) is 3.49. The molecule has 0 bridgehead atoms. The van der Waals surface area contributed by atoms with Crippen molar-refractivity contribution in [3.8, 4) is 0 Å². The van der Waals surface area contributed by atoms with Crippen LogP contribution >= 0.6 is 0 Å². The predicted octanol–water partition coefficient (Wildman–Crippen LogP) is 0.305. The zero-order valence-electron chi connectivity index (χ0n) is 12.7. The highest BCUT2D eigenvalue weighted by Gasteiger charge is 2.23. The summed E-state index contributed by atoms with van der Waals surface area (Å²) in [7, 11) is -1.90. The molecule has 1 aliphatic heterocycles. The van der Waals surface area contributed by atoms with Crippen molar-refractivity contribution >= 4 is 15.9 Å². The van der Waals surface area contributed by atoms with Gasteiger partial charge in [-0.1, -0.05) is 6.42 Å². The van der Waals surface area contributed by atoms with E-state index < -0.39 is 10.0 Å². The molecule has 1 unspecified atom stereocenters. The van der Waals surface area contributed by atoms with Crippen LogP contribution in [-0.2, 0) is 14.8 Å². The molecule has 6 nitrogen and oxygen atoms in total. The van der Waals surface area contributed by atoms with E-state index in [1.165, 1.54) is 13.5 Å². The summed E-state index contributed by atoms with van der Waals surface area (Å²) in [6.45, 7) is 4.55. The van der Waals surface area contributed by atoms with Crippen molar-refractivity contribution in [3.63, 3.8) is 0 Å². The molecule has 0 aromatic carbocycles. The normalized spacial score (nSPS) is 20.4. The molecule has 0 aliphatic carbocycles. The molecule has 0 radical (unpaired) electrons. The quantitative estimate of drug-likeness (QED) is 0.709. The Morgan fingerprint density at radius 1 is 1.40 bits per heavy atom. The van der Waals surface area contributed by atoms with Gasteiger partial charge < -0.3 is 10.6 Å². The summed E-state index contributed by atoms with van der Waals surface area (Å²) in [5.74, 6) is -0.169. The standard InChI is InChI=1S/C13H27N3O3S/c1-11(2)15-13(17)10-16(3)20(18,19)9-7-12-6-4-5-8-14-12/h11-12,14H,4-10H2,1-3H3,(H,15,17). The number of piperidine rings is 1. The van der Waals surface area contributed by atoms with E-state index in [2.05, 4.69) is 10.6 Å². The lowest BCUT2D eigenvalue weighted by atomic mass is 10.0. The highest BCUT2D eigenvalue weighted by Crippen LogP contribution is 2.12. The van der Waals surface area contributed by atoms with Gasteiger partial charge in [-0.15, -0.1) is 0 Å². The van der Waals surface area contributed by atoms with Crippen LogP contribution < -0.4 is 10.6 Å². The van der Waals surface area contributed by atoms with E-state index in [0.29, 0.717) is 6.42 Å². The lowest BCUT2D eigenvalue weighted by Gasteiger charge is -2.24. The third-order valence-electron chi connectivity index (χ3n) is 3.43. The smallest absolute Gasteiger partial charge is 0.235 e. The molecule has 118 valence electrons. The number of carbonyl (C=O) groups is 1. The number of hydrogen-bond donors (Lipinski definition) is 2. The highest BCUT2D eigenvalue weighted by molar-refractivity contribution is 7.89. The van der Waals surface area contributed by atoms with Crippen LogP contribution in [0.5, 0.6) is 0 Å². The SMILES string of the molecule is CC(C)NC(=O)CN(C)S(=O)(=O)CCC1CCCCN1. The van der Waals surface area contributed by atoms with E-state index in [1.54, 1.807) is 0 Å². The second-order valence-corrected chi connectivity index (χ2v) is 7.93. The molecule has 1 atom stereocenters. The molecule has 0 aromatic heterocycles. The van der Waals surface area contributed by atoms with E-state index in [4.69, 9.17) is 0 Å². The first kappa shape index (κ1) is 17.4. The number of nitrogens with one attached hydrogen (secondary N) is 2. The zero-order valence-corrected chi connectivity index (χ0v) is 13.5. The molecule has 1 heterocycles. The number of rotatable bonds is 7. The van der Waals surface area contributed by atoms with Crippen molar-refractivity contribution in [1.29, 1.82) is 0 Å². The van der Waals surface area contributed by atoms with Gasteiger partial charge in [-0.3, -0.25) is 4.79 Å². The summed E-state index contributed by atoms with van der Waals surface area (Å²) in [4.78, 5) is 11.6. The summed E-state index contributed by atoms with van der Waals surface area (Å²) < 4.78 is 25.4. The maximum Gasteiger partial charge on any atom is 0.235 e. The van der Waals surface area contributed by atoms with E-state index in [9.17, 15) is 13.2 Å². The summed E-state index contributed by atoms with van der Waals surface area (Å²) in [5.41, 5.74) is 0. The molecule has 1 amide bonds. The molecule has 1 saturated heterocycles. The van der Waals surface area contributed by atoms with E-state index in [-0.39, 0.29) is 30.3 Å². The van der Waals surface area contributed by atoms with Gasteiger partial charge in [0.15, 0.2) is 0 Å². The van der Waals surface area contributed by atoms with E-state index >= 15 is 0 Å². The van der Waals surface area contributed by atoms with Crippen LogP contribution in [-0.4, -0.2) is 56.6 Å². The van der Waals surface area contributed by atoms with Gasteiger partial charge in [0.1, 0.15) is 0 Å². The number of likely N-dealkylation sites (N-methyl/N-ethyl adjacent to an activating group) is 1. The molecule has 0 saturated carbocycles. The topological polar surface area (TPSA) is 78.5 Å². The maximum atomic E-state index is 12.1. The molecule has 2 N–H and O–H groups in total. The predicted molar refractivity (Wildman–Crippen MR) is 80.0 cm³/mol. The third kappa shape index (κ3) is 6.19. The Morgan fingerprint density at radius 2 is 2.10 bits per heavy atom. The number of hydrogen-bond acceptors (Lipinski definition) is 4. The zero-order chi connectivity index (χ0) is 15.2. The number of amides is 1. The van der Waals surface area contributed by atoms with Crippen LogP contribution in [0.2, 0.25) is 0 Å². The van der Waals surface area contributed by atoms with Crippen molar-refractivity contribution in [3.05, 3.63) is 0 Å². The minimum Gasteiger partial charge on any atom is -0.353 e. The average molecular weight is 305 g/mol. The Kier molecular flexibility index (Phi) is 6.91. The summed E-state index contributed by atoms with van der Waals surface area (Å²) >= 11 is 0. The van der Waals surface area contributed by atoms with Gasteiger partial charge in [0, 0.05) is 19.1 Å². The van der Waals surface area contributed by atoms with Crippen LogP contribution in [0.1, 0.15) is 39.5 Å².